The molecule has 180 valence electrons. The van der Waals surface area contributed by atoms with Crippen molar-refractivity contribution in [2.45, 2.75) is 71.8 Å². The Labute approximate surface area is 202 Å². The first-order chi connectivity index (χ1) is 16.0. The Hall–Kier alpha value is -3.41. The second kappa shape index (κ2) is 10.2. The molecule has 1 N–H and O–H groups in total. The van der Waals surface area contributed by atoms with Gasteiger partial charge in [-0.15, -0.1) is 0 Å². The Morgan fingerprint density at radius 1 is 0.912 bits per heavy atom. The minimum atomic E-state index is -0.404. The number of aromatic nitrogens is 2. The van der Waals surface area contributed by atoms with Gasteiger partial charge in [-0.1, -0.05) is 81.4 Å². The first-order valence-electron chi connectivity index (χ1n) is 11.8. The molecular weight excluding hydrogens is 424 g/mol. The molecule has 0 spiro atoms. The maximum absolute atomic E-state index is 13.5. The predicted octanol–water partition coefficient (Wildman–Crippen LogP) is 5.18. The topological polar surface area (TPSA) is 67.2 Å². The molecule has 0 aliphatic carbocycles. The van der Waals surface area contributed by atoms with Crippen molar-refractivity contribution in [1.82, 2.24) is 15.2 Å². The van der Waals surface area contributed by atoms with E-state index in [1.165, 1.54) is 10.6 Å². The lowest BCUT2D eigenvalue weighted by molar-refractivity contribution is -0.125. The lowest BCUT2D eigenvalue weighted by atomic mass is 9.83. The van der Waals surface area contributed by atoms with Crippen molar-refractivity contribution >= 4 is 17.6 Å². The smallest absolute Gasteiger partial charge is 0.251 e. The van der Waals surface area contributed by atoms with Crippen LogP contribution < -0.4 is 10.4 Å². The van der Waals surface area contributed by atoms with E-state index in [9.17, 15) is 9.59 Å². The maximum Gasteiger partial charge on any atom is 0.251 e. The molecule has 3 rings (SSSR count). The fourth-order valence-electron chi connectivity index (χ4n) is 3.85. The van der Waals surface area contributed by atoms with Crippen LogP contribution in [0.15, 0.2) is 66.7 Å². The van der Waals surface area contributed by atoms with Gasteiger partial charge in [0.15, 0.2) is 5.82 Å². The zero-order valence-corrected chi connectivity index (χ0v) is 21.1. The number of carbonyl (C=O) groups excluding carboxylic acids is 2. The standard InChI is InChI=1S/C28H36N4O2/c1-7-24(33)30-31(26(34)18-21-14-10-8-11-15-21)25-19-23(29-32(25)27(2,3)4)28(5,6)20-22-16-12-9-13-17-22/h8-17,19H,7,18,20H2,1-6H3,(H,30,33). The Morgan fingerprint density at radius 2 is 1.47 bits per heavy atom. The second-order valence-corrected chi connectivity index (χ2v) is 10.3. The lowest BCUT2D eigenvalue weighted by Crippen LogP contribution is -2.49. The number of anilines is 1. The summed E-state index contributed by atoms with van der Waals surface area (Å²) in [5.74, 6) is 0.116. The van der Waals surface area contributed by atoms with E-state index >= 15 is 0 Å². The van der Waals surface area contributed by atoms with Gasteiger partial charge in [0.2, 0.25) is 5.91 Å². The Kier molecular flexibility index (Phi) is 7.60. The van der Waals surface area contributed by atoms with Crippen LogP contribution in [0, 0.1) is 0 Å². The van der Waals surface area contributed by atoms with Gasteiger partial charge in [-0.05, 0) is 38.3 Å². The number of amides is 2. The third kappa shape index (κ3) is 6.13. The van der Waals surface area contributed by atoms with Gasteiger partial charge in [-0.3, -0.25) is 15.0 Å². The monoisotopic (exact) mass is 460 g/mol. The largest absolute Gasteiger partial charge is 0.273 e. The number of hydrogen-bond acceptors (Lipinski definition) is 3. The van der Waals surface area contributed by atoms with Crippen molar-refractivity contribution < 1.29 is 9.59 Å². The fraction of sp³-hybridized carbons (Fsp3) is 0.393. The molecule has 2 amide bonds. The number of nitrogens with zero attached hydrogens (tertiary/aromatic N) is 3. The minimum Gasteiger partial charge on any atom is -0.273 e. The molecule has 6 nitrogen and oxygen atoms in total. The van der Waals surface area contributed by atoms with Crippen LogP contribution in [0.4, 0.5) is 5.82 Å². The van der Waals surface area contributed by atoms with E-state index in [4.69, 9.17) is 5.10 Å². The van der Waals surface area contributed by atoms with E-state index in [1.807, 2.05) is 80.1 Å². The molecule has 0 bridgehead atoms. The summed E-state index contributed by atoms with van der Waals surface area (Å²) in [5, 5.41) is 6.34. The van der Waals surface area contributed by atoms with Gasteiger partial charge in [0.25, 0.3) is 5.91 Å². The highest BCUT2D eigenvalue weighted by atomic mass is 16.2. The number of carbonyl (C=O) groups is 2. The van der Waals surface area contributed by atoms with Crippen LogP contribution in [0.1, 0.15) is 64.8 Å². The van der Waals surface area contributed by atoms with Gasteiger partial charge >= 0.3 is 0 Å². The number of hydrazine groups is 1. The van der Waals surface area contributed by atoms with Gasteiger partial charge in [0, 0.05) is 17.9 Å². The number of benzene rings is 2. The van der Waals surface area contributed by atoms with Crippen molar-refractivity contribution in [2.24, 2.45) is 0 Å². The van der Waals surface area contributed by atoms with E-state index < -0.39 is 5.54 Å². The highest BCUT2D eigenvalue weighted by molar-refractivity contribution is 5.96. The maximum atomic E-state index is 13.5. The first kappa shape index (κ1) is 25.2. The molecule has 1 aromatic heterocycles. The lowest BCUT2D eigenvalue weighted by Gasteiger charge is -2.29. The summed E-state index contributed by atoms with van der Waals surface area (Å²) in [6, 6.07) is 21.8. The number of hydrogen-bond donors (Lipinski definition) is 1. The van der Waals surface area contributed by atoms with Crippen molar-refractivity contribution in [3.63, 3.8) is 0 Å². The molecule has 0 fully saturated rings. The predicted molar refractivity (Wildman–Crippen MR) is 136 cm³/mol. The van der Waals surface area contributed by atoms with Crippen molar-refractivity contribution in [3.05, 3.63) is 83.6 Å². The summed E-state index contributed by atoms with van der Waals surface area (Å²) in [5.41, 5.74) is 5.10. The molecule has 1 heterocycles. The van der Waals surface area contributed by atoms with E-state index in [-0.39, 0.29) is 30.1 Å². The summed E-state index contributed by atoms with van der Waals surface area (Å²) in [6.07, 6.45) is 1.24. The Morgan fingerprint density at radius 3 is 2.00 bits per heavy atom. The molecule has 0 aliphatic rings. The molecule has 0 aliphatic heterocycles. The second-order valence-electron chi connectivity index (χ2n) is 10.3. The zero-order chi connectivity index (χ0) is 24.9. The molecule has 0 unspecified atom stereocenters. The Balaban J connectivity index is 2.04. The SMILES string of the molecule is CCC(=O)NN(C(=O)Cc1ccccc1)c1cc(C(C)(C)Cc2ccccc2)nn1C(C)(C)C. The van der Waals surface area contributed by atoms with E-state index in [2.05, 4.69) is 31.4 Å². The first-order valence-corrected chi connectivity index (χ1v) is 11.8. The highest BCUT2D eigenvalue weighted by Gasteiger charge is 2.32. The van der Waals surface area contributed by atoms with Crippen LogP contribution in [-0.4, -0.2) is 21.6 Å². The molecule has 6 heteroatoms. The van der Waals surface area contributed by atoms with Gasteiger partial charge in [0.05, 0.1) is 17.7 Å². The quantitative estimate of drug-likeness (QED) is 0.494. The van der Waals surface area contributed by atoms with Gasteiger partial charge in [-0.25, -0.2) is 9.69 Å². The third-order valence-corrected chi connectivity index (χ3v) is 5.74. The van der Waals surface area contributed by atoms with Gasteiger partial charge < -0.3 is 0 Å². The molecule has 3 aromatic rings. The Bertz CT molecular complexity index is 1110. The third-order valence-electron chi connectivity index (χ3n) is 5.74. The van der Waals surface area contributed by atoms with Crippen LogP contribution in [0.25, 0.3) is 0 Å². The van der Waals surface area contributed by atoms with E-state index in [1.54, 1.807) is 6.92 Å². The zero-order valence-electron chi connectivity index (χ0n) is 21.1. The van der Waals surface area contributed by atoms with Crippen LogP contribution >= 0.6 is 0 Å². The average Bonchev–Trinajstić information content (AvgIpc) is 3.25. The van der Waals surface area contributed by atoms with Crippen LogP contribution in [0.3, 0.4) is 0 Å². The summed E-state index contributed by atoms with van der Waals surface area (Å²) in [7, 11) is 0. The van der Waals surface area contributed by atoms with Crippen LogP contribution in [0.2, 0.25) is 0 Å². The van der Waals surface area contributed by atoms with Crippen LogP contribution in [-0.2, 0) is 33.4 Å². The van der Waals surface area contributed by atoms with Gasteiger partial charge in [-0.2, -0.15) is 5.10 Å². The van der Waals surface area contributed by atoms with Gasteiger partial charge in [0.1, 0.15) is 0 Å². The summed E-state index contributed by atoms with van der Waals surface area (Å²) >= 11 is 0. The normalized spacial score (nSPS) is 11.8. The van der Waals surface area contributed by atoms with Crippen LogP contribution in [0.5, 0.6) is 0 Å². The summed E-state index contributed by atoms with van der Waals surface area (Å²) in [6.45, 7) is 12.2. The molecule has 0 atom stereocenters. The van der Waals surface area contributed by atoms with Crippen molar-refractivity contribution in [1.29, 1.82) is 0 Å². The van der Waals surface area contributed by atoms with Crippen molar-refractivity contribution in [3.8, 4) is 0 Å². The molecule has 0 saturated carbocycles. The molecule has 0 radical (unpaired) electrons. The molecule has 34 heavy (non-hydrogen) atoms. The molecule has 0 saturated heterocycles. The van der Waals surface area contributed by atoms with E-state index in [0.29, 0.717) is 5.82 Å². The van der Waals surface area contributed by atoms with Crippen molar-refractivity contribution in [2.75, 3.05) is 5.01 Å². The highest BCUT2D eigenvalue weighted by Crippen LogP contribution is 2.32. The minimum absolute atomic E-state index is 0.170. The average molecular weight is 461 g/mol. The van der Waals surface area contributed by atoms with E-state index in [0.717, 1.165) is 17.7 Å². The summed E-state index contributed by atoms with van der Waals surface area (Å²) in [4.78, 5) is 25.9. The number of rotatable bonds is 7. The molecule has 2 aromatic carbocycles. The number of nitrogens with one attached hydrogen (secondary N) is 1. The molecular formula is C28H36N4O2. The fourth-order valence-corrected chi connectivity index (χ4v) is 3.85. The summed E-state index contributed by atoms with van der Waals surface area (Å²) < 4.78 is 1.84.